The van der Waals surface area contributed by atoms with E-state index < -0.39 is 0 Å². The van der Waals surface area contributed by atoms with Crippen molar-refractivity contribution in [2.24, 2.45) is 5.92 Å². The minimum absolute atomic E-state index is 0.0864. The molecule has 0 radical (unpaired) electrons. The van der Waals surface area contributed by atoms with E-state index in [1.165, 1.54) is 5.56 Å². The summed E-state index contributed by atoms with van der Waals surface area (Å²) >= 11 is 1.56. The molecule has 8 nitrogen and oxygen atoms in total. The summed E-state index contributed by atoms with van der Waals surface area (Å²) in [6, 6.07) is 20.3. The lowest BCUT2D eigenvalue weighted by molar-refractivity contribution is -0.122. The van der Waals surface area contributed by atoms with Crippen LogP contribution in [0.25, 0.3) is 15.9 Å². The molecule has 0 bridgehead atoms. The Morgan fingerprint density at radius 1 is 1.03 bits per heavy atom. The van der Waals surface area contributed by atoms with Crippen molar-refractivity contribution < 1.29 is 4.79 Å². The van der Waals surface area contributed by atoms with E-state index in [0.29, 0.717) is 5.92 Å². The van der Waals surface area contributed by atoms with Crippen LogP contribution in [0.2, 0.25) is 0 Å². The first-order valence-corrected chi connectivity index (χ1v) is 13.1. The molecule has 0 saturated carbocycles. The second-order valence-electron chi connectivity index (χ2n) is 9.47. The van der Waals surface area contributed by atoms with Crippen LogP contribution in [0.4, 0.5) is 16.6 Å². The fraction of sp³-hybridized carbons (Fsp3) is 0.296. The quantitative estimate of drug-likeness (QED) is 0.322. The number of fused-ring (bicyclic) bond motifs is 2. The molecule has 1 amide bonds. The van der Waals surface area contributed by atoms with Gasteiger partial charge >= 0.3 is 0 Å². The van der Waals surface area contributed by atoms with E-state index in [4.69, 9.17) is 4.98 Å². The monoisotopic (exact) mass is 497 g/mol. The number of amides is 1. The molecule has 36 heavy (non-hydrogen) atoms. The van der Waals surface area contributed by atoms with Gasteiger partial charge in [-0.15, -0.1) is 15.3 Å². The van der Waals surface area contributed by atoms with Crippen LogP contribution in [0.1, 0.15) is 38.2 Å². The summed E-state index contributed by atoms with van der Waals surface area (Å²) in [7, 11) is 0. The second kappa shape index (κ2) is 9.31. The van der Waals surface area contributed by atoms with E-state index in [1.54, 1.807) is 22.2 Å². The first-order chi connectivity index (χ1) is 17.6. The van der Waals surface area contributed by atoms with Gasteiger partial charge in [-0.25, -0.2) is 4.98 Å². The number of carbonyl (C=O) groups excluding carboxylic acids is 1. The molecule has 9 heteroatoms. The highest BCUT2D eigenvalue weighted by Crippen LogP contribution is 2.36. The van der Waals surface area contributed by atoms with Gasteiger partial charge in [0.1, 0.15) is 12.1 Å². The minimum atomic E-state index is -0.0864. The Bertz CT molecular complexity index is 1480. The summed E-state index contributed by atoms with van der Waals surface area (Å²) in [6.07, 6.45) is 3.12. The van der Waals surface area contributed by atoms with Gasteiger partial charge in [-0.05, 0) is 60.7 Å². The smallest absolute Gasteiger partial charge is 0.236 e. The zero-order chi connectivity index (χ0) is 24.6. The zero-order valence-corrected chi connectivity index (χ0v) is 21.1. The number of nitrogens with zero attached hydrogens (tertiary/aromatic N) is 7. The number of anilines is 3. The SMILES string of the molecule is CC(C)c1ccc(N(C(=O)C2CCN(c3ccc4nncn4n3)CC2)c2nc3ccccc3s2)cc1. The summed E-state index contributed by atoms with van der Waals surface area (Å²) in [4.78, 5) is 22.9. The van der Waals surface area contributed by atoms with Crippen LogP contribution >= 0.6 is 11.3 Å². The van der Waals surface area contributed by atoms with E-state index >= 15 is 0 Å². The lowest BCUT2D eigenvalue weighted by Crippen LogP contribution is -2.41. The standard InChI is InChI=1S/C27H27N7OS/c1-18(2)19-7-9-21(10-8-19)34(27-29-22-5-3-4-6-23(22)36-27)26(35)20-13-15-32(16-14-20)25-12-11-24-30-28-17-33(24)31-25/h3-12,17-18,20H,13-16H2,1-2H3. The third-order valence-corrected chi connectivity index (χ3v) is 7.85. The van der Waals surface area contributed by atoms with E-state index in [9.17, 15) is 4.79 Å². The summed E-state index contributed by atoms with van der Waals surface area (Å²) < 4.78 is 2.76. The highest BCUT2D eigenvalue weighted by molar-refractivity contribution is 7.22. The van der Waals surface area contributed by atoms with Gasteiger partial charge in [0.05, 0.1) is 15.9 Å². The van der Waals surface area contributed by atoms with Crippen molar-refractivity contribution in [3.63, 3.8) is 0 Å². The third kappa shape index (κ3) is 4.19. The van der Waals surface area contributed by atoms with E-state index in [2.05, 4.69) is 52.2 Å². The lowest BCUT2D eigenvalue weighted by Gasteiger charge is -2.34. The minimum Gasteiger partial charge on any atom is -0.355 e. The van der Waals surface area contributed by atoms with Crippen molar-refractivity contribution in [2.75, 3.05) is 22.9 Å². The maximum atomic E-state index is 14.0. The highest BCUT2D eigenvalue weighted by Gasteiger charge is 2.32. The number of thiazole rings is 1. The van der Waals surface area contributed by atoms with Crippen LogP contribution in [0.5, 0.6) is 0 Å². The maximum Gasteiger partial charge on any atom is 0.236 e. The number of hydrogen-bond acceptors (Lipinski definition) is 7. The van der Waals surface area contributed by atoms with Crippen molar-refractivity contribution in [1.29, 1.82) is 0 Å². The molecule has 1 aliphatic heterocycles. The molecular formula is C27H27N7OS. The molecule has 182 valence electrons. The largest absolute Gasteiger partial charge is 0.355 e. The normalized spacial score (nSPS) is 14.7. The van der Waals surface area contributed by atoms with E-state index in [1.807, 2.05) is 47.4 Å². The molecule has 0 N–H and O–H groups in total. The van der Waals surface area contributed by atoms with Crippen LogP contribution in [-0.4, -0.2) is 43.8 Å². The van der Waals surface area contributed by atoms with Gasteiger partial charge < -0.3 is 4.90 Å². The van der Waals surface area contributed by atoms with Crippen molar-refractivity contribution in [3.8, 4) is 0 Å². The summed E-state index contributed by atoms with van der Waals surface area (Å²) in [5.41, 5.74) is 3.75. The molecule has 0 aliphatic carbocycles. The Labute approximate surface area is 213 Å². The maximum absolute atomic E-state index is 14.0. The van der Waals surface area contributed by atoms with Crippen molar-refractivity contribution in [1.82, 2.24) is 24.8 Å². The average molecular weight is 498 g/mol. The topological polar surface area (TPSA) is 79.5 Å². The number of carbonyl (C=O) groups is 1. The fourth-order valence-electron chi connectivity index (χ4n) is 4.72. The first kappa shape index (κ1) is 22.6. The van der Waals surface area contributed by atoms with Crippen molar-refractivity contribution >= 4 is 49.7 Å². The van der Waals surface area contributed by atoms with Crippen LogP contribution in [-0.2, 0) is 4.79 Å². The Hall–Kier alpha value is -3.85. The van der Waals surface area contributed by atoms with Gasteiger partial charge in [0.2, 0.25) is 5.91 Å². The third-order valence-electron chi connectivity index (χ3n) is 6.83. The Balaban J connectivity index is 1.26. The summed E-state index contributed by atoms with van der Waals surface area (Å²) in [5.74, 6) is 1.33. The molecule has 1 saturated heterocycles. The number of rotatable bonds is 5. The number of hydrogen-bond donors (Lipinski definition) is 0. The van der Waals surface area contributed by atoms with Crippen LogP contribution in [0, 0.1) is 5.92 Å². The van der Waals surface area contributed by atoms with Gasteiger partial charge in [-0.1, -0.05) is 49.4 Å². The van der Waals surface area contributed by atoms with Gasteiger partial charge in [0.15, 0.2) is 10.8 Å². The Morgan fingerprint density at radius 2 is 1.81 bits per heavy atom. The van der Waals surface area contributed by atoms with Crippen LogP contribution < -0.4 is 9.80 Å². The highest BCUT2D eigenvalue weighted by atomic mass is 32.1. The Morgan fingerprint density at radius 3 is 2.56 bits per heavy atom. The lowest BCUT2D eigenvalue weighted by atomic mass is 9.95. The second-order valence-corrected chi connectivity index (χ2v) is 10.5. The van der Waals surface area contributed by atoms with Crippen LogP contribution in [0.15, 0.2) is 67.0 Å². The van der Waals surface area contributed by atoms with Crippen molar-refractivity contribution in [2.45, 2.75) is 32.6 Å². The molecule has 2 aromatic carbocycles. The predicted octanol–water partition coefficient (Wildman–Crippen LogP) is 5.44. The van der Waals surface area contributed by atoms with Gasteiger partial charge in [0, 0.05) is 19.0 Å². The molecule has 4 heterocycles. The molecule has 1 aliphatic rings. The first-order valence-electron chi connectivity index (χ1n) is 12.3. The van der Waals surface area contributed by atoms with E-state index in [-0.39, 0.29) is 11.8 Å². The predicted molar refractivity (Wildman–Crippen MR) is 143 cm³/mol. The molecule has 5 aromatic rings. The summed E-state index contributed by atoms with van der Waals surface area (Å²) in [6.45, 7) is 5.87. The van der Waals surface area contributed by atoms with Gasteiger partial charge in [0.25, 0.3) is 0 Å². The fourth-order valence-corrected chi connectivity index (χ4v) is 5.71. The van der Waals surface area contributed by atoms with Crippen LogP contribution in [0.3, 0.4) is 0 Å². The molecular weight excluding hydrogens is 470 g/mol. The molecule has 1 fully saturated rings. The van der Waals surface area contributed by atoms with E-state index in [0.717, 1.165) is 58.4 Å². The van der Waals surface area contributed by atoms with Gasteiger partial charge in [-0.3, -0.25) is 9.69 Å². The summed E-state index contributed by atoms with van der Waals surface area (Å²) in [5, 5.41) is 13.3. The Kier molecular flexibility index (Phi) is 5.85. The molecule has 6 rings (SSSR count). The molecule has 3 aromatic heterocycles. The number of piperidine rings is 1. The zero-order valence-electron chi connectivity index (χ0n) is 20.3. The average Bonchev–Trinajstić information content (AvgIpc) is 3.55. The number of benzene rings is 2. The number of para-hydroxylation sites is 1. The van der Waals surface area contributed by atoms with Crippen molar-refractivity contribution in [3.05, 3.63) is 72.6 Å². The molecule has 0 spiro atoms. The van der Waals surface area contributed by atoms with Gasteiger partial charge in [-0.2, -0.15) is 4.52 Å². The molecule has 0 atom stereocenters. The molecule has 0 unspecified atom stereocenters. The number of aromatic nitrogens is 5.